The molecule has 0 aliphatic rings. The fourth-order valence-electron chi connectivity index (χ4n) is 5.62. The second kappa shape index (κ2) is 36.5. The average molecular weight is 719 g/mol. The molecule has 10 heteroatoms. The zero-order valence-corrected chi connectivity index (χ0v) is 32.5. The van der Waals surface area contributed by atoms with Gasteiger partial charge in [0.15, 0.2) is 6.10 Å². The summed E-state index contributed by atoms with van der Waals surface area (Å²) in [6, 6.07) is 0. The van der Waals surface area contributed by atoms with Crippen molar-refractivity contribution >= 4 is 19.8 Å². The second-order valence-corrected chi connectivity index (χ2v) is 14.9. The highest BCUT2D eigenvalue weighted by atomic mass is 31.2. The van der Waals surface area contributed by atoms with E-state index in [-0.39, 0.29) is 26.1 Å². The molecular formula is C39H75O9P. The van der Waals surface area contributed by atoms with Crippen molar-refractivity contribution in [1.29, 1.82) is 0 Å². The smallest absolute Gasteiger partial charge is 0.462 e. The lowest BCUT2D eigenvalue weighted by atomic mass is 10.0. The topological polar surface area (TPSA) is 129 Å². The van der Waals surface area contributed by atoms with Gasteiger partial charge in [0.2, 0.25) is 0 Å². The van der Waals surface area contributed by atoms with Crippen LogP contribution in [0.4, 0.5) is 0 Å². The maximum Gasteiger partial charge on any atom is 0.472 e. The van der Waals surface area contributed by atoms with Crippen LogP contribution in [0, 0.1) is 0 Å². The highest BCUT2D eigenvalue weighted by Crippen LogP contribution is 2.43. The summed E-state index contributed by atoms with van der Waals surface area (Å²) >= 11 is 0. The van der Waals surface area contributed by atoms with E-state index in [0.29, 0.717) is 6.42 Å². The van der Waals surface area contributed by atoms with Gasteiger partial charge in [-0.25, -0.2) is 4.57 Å². The van der Waals surface area contributed by atoms with Gasteiger partial charge in [-0.2, -0.15) is 0 Å². The third-order valence-corrected chi connectivity index (χ3v) is 9.61. The summed E-state index contributed by atoms with van der Waals surface area (Å²) in [6.45, 7) is 2.93. The summed E-state index contributed by atoms with van der Waals surface area (Å²) in [6.07, 6.45) is 34.9. The van der Waals surface area contributed by atoms with E-state index < -0.39 is 39.1 Å². The molecule has 9 nitrogen and oxygen atoms in total. The van der Waals surface area contributed by atoms with Crippen molar-refractivity contribution in [2.45, 2.75) is 200 Å². The van der Waals surface area contributed by atoms with Gasteiger partial charge in [-0.1, -0.05) is 154 Å². The predicted molar refractivity (Wildman–Crippen MR) is 199 cm³/mol. The summed E-state index contributed by atoms with van der Waals surface area (Å²) < 4.78 is 32.4. The minimum Gasteiger partial charge on any atom is -0.462 e. The molecule has 0 radical (unpaired) electrons. The molecule has 2 atom stereocenters. The zero-order valence-electron chi connectivity index (χ0n) is 31.6. The van der Waals surface area contributed by atoms with Crippen LogP contribution >= 0.6 is 7.82 Å². The lowest BCUT2D eigenvalue weighted by Crippen LogP contribution is -2.29. The largest absolute Gasteiger partial charge is 0.472 e. The normalized spacial score (nSPS) is 13.5. The van der Waals surface area contributed by atoms with Crippen LogP contribution in [0.3, 0.4) is 0 Å². The van der Waals surface area contributed by atoms with Crippen LogP contribution in [0.2, 0.25) is 0 Å². The van der Waals surface area contributed by atoms with Gasteiger partial charge in [-0.05, 0) is 38.5 Å². The lowest BCUT2D eigenvalue weighted by Gasteiger charge is -2.19. The molecular weight excluding hydrogens is 643 g/mol. The summed E-state index contributed by atoms with van der Waals surface area (Å²) in [5, 5.41) is 8.85. The molecule has 0 amide bonds. The van der Waals surface area contributed by atoms with Gasteiger partial charge < -0.3 is 19.5 Å². The first-order valence-corrected chi connectivity index (χ1v) is 21.6. The Bertz CT molecular complexity index is 820. The fourth-order valence-corrected chi connectivity index (χ4v) is 6.36. The number of hydrogen-bond acceptors (Lipinski definition) is 8. The van der Waals surface area contributed by atoms with Crippen LogP contribution in [-0.2, 0) is 32.7 Å². The molecule has 2 N–H and O–H groups in total. The monoisotopic (exact) mass is 719 g/mol. The van der Waals surface area contributed by atoms with Crippen LogP contribution < -0.4 is 0 Å². The molecule has 0 aromatic heterocycles. The second-order valence-electron chi connectivity index (χ2n) is 13.4. The van der Waals surface area contributed by atoms with E-state index in [1.54, 1.807) is 0 Å². The van der Waals surface area contributed by atoms with Crippen LogP contribution in [0.25, 0.3) is 0 Å². The highest BCUT2D eigenvalue weighted by Gasteiger charge is 2.26. The third kappa shape index (κ3) is 36.3. The maximum atomic E-state index is 12.5. The van der Waals surface area contributed by atoms with Gasteiger partial charge in [0, 0.05) is 12.8 Å². The molecule has 0 spiro atoms. The van der Waals surface area contributed by atoms with Crippen molar-refractivity contribution in [3.63, 3.8) is 0 Å². The number of rotatable bonds is 38. The van der Waals surface area contributed by atoms with E-state index in [4.69, 9.17) is 19.1 Å². The summed E-state index contributed by atoms with van der Waals surface area (Å²) in [5.74, 6) is -0.863. The molecule has 0 fully saturated rings. The quantitative estimate of drug-likeness (QED) is 0.0277. The number of allylic oxidation sites excluding steroid dienone is 2. The molecule has 0 aliphatic heterocycles. The van der Waals surface area contributed by atoms with Crippen LogP contribution in [0.15, 0.2) is 12.2 Å². The Morgan fingerprint density at radius 2 is 0.980 bits per heavy atom. The van der Waals surface area contributed by atoms with Gasteiger partial charge >= 0.3 is 19.8 Å². The number of hydrogen-bond donors (Lipinski definition) is 2. The zero-order chi connectivity index (χ0) is 36.1. The van der Waals surface area contributed by atoms with Gasteiger partial charge in [0.25, 0.3) is 0 Å². The Labute approximate surface area is 300 Å². The number of phosphoric acid groups is 1. The molecule has 0 saturated carbocycles. The van der Waals surface area contributed by atoms with Crippen molar-refractivity contribution in [2.75, 3.05) is 26.4 Å². The summed E-state index contributed by atoms with van der Waals surface area (Å²) in [5.41, 5.74) is 0. The number of phosphoric ester groups is 1. The Morgan fingerprint density at radius 1 is 0.571 bits per heavy atom. The highest BCUT2D eigenvalue weighted by molar-refractivity contribution is 7.47. The lowest BCUT2D eigenvalue weighted by molar-refractivity contribution is -0.161. The van der Waals surface area contributed by atoms with E-state index >= 15 is 0 Å². The molecule has 0 aromatic carbocycles. The van der Waals surface area contributed by atoms with Crippen LogP contribution in [0.5, 0.6) is 0 Å². The number of carbonyl (C=O) groups is 2. The number of aliphatic hydroxyl groups is 1. The standard InChI is InChI=1S/C39H75O9P/c1-3-5-7-9-11-13-15-17-18-20-22-24-26-28-30-32-39(42)48-37(36-47-49(43,44)46-34-33-40)35-45-38(41)31-29-27-25-23-21-19-16-14-12-10-8-6-4-2/h13,15,37,40H,3-12,14,16-36H2,1-2H3,(H,43,44)/b15-13+/t37-/m1/s1. The first-order chi connectivity index (χ1) is 23.8. The van der Waals surface area contributed by atoms with E-state index in [1.165, 1.54) is 116 Å². The molecule has 290 valence electrons. The Hall–Kier alpha value is -1.25. The van der Waals surface area contributed by atoms with E-state index in [1.807, 2.05) is 0 Å². The van der Waals surface area contributed by atoms with E-state index in [2.05, 4.69) is 30.5 Å². The van der Waals surface area contributed by atoms with Crippen molar-refractivity contribution in [2.24, 2.45) is 0 Å². The summed E-state index contributed by atoms with van der Waals surface area (Å²) in [4.78, 5) is 34.7. The Balaban J connectivity index is 4.18. The molecule has 0 aliphatic carbocycles. The molecule has 0 saturated heterocycles. The minimum absolute atomic E-state index is 0.213. The van der Waals surface area contributed by atoms with Crippen molar-refractivity contribution < 1.29 is 42.7 Å². The molecule has 0 heterocycles. The molecule has 49 heavy (non-hydrogen) atoms. The van der Waals surface area contributed by atoms with Crippen molar-refractivity contribution in [1.82, 2.24) is 0 Å². The predicted octanol–water partition coefficient (Wildman–Crippen LogP) is 11.1. The van der Waals surface area contributed by atoms with Crippen molar-refractivity contribution in [3.8, 4) is 0 Å². The number of ether oxygens (including phenoxy) is 2. The van der Waals surface area contributed by atoms with Gasteiger partial charge in [-0.15, -0.1) is 0 Å². The number of aliphatic hydroxyl groups excluding tert-OH is 1. The minimum atomic E-state index is -4.45. The Morgan fingerprint density at radius 3 is 1.45 bits per heavy atom. The molecule has 1 unspecified atom stereocenters. The first kappa shape index (κ1) is 47.8. The molecule has 0 aromatic rings. The average Bonchev–Trinajstić information content (AvgIpc) is 3.08. The fraction of sp³-hybridized carbons (Fsp3) is 0.897. The number of unbranched alkanes of at least 4 members (excludes halogenated alkanes) is 23. The number of esters is 2. The number of carbonyl (C=O) groups excluding carboxylic acids is 2. The third-order valence-electron chi connectivity index (χ3n) is 8.62. The maximum absolute atomic E-state index is 12.5. The Kier molecular flexibility index (Phi) is 35.6. The SMILES string of the molecule is CCCCCC/C=C/CCCCCCCCCC(=O)O[C@H](COC(=O)CCCCCCCCCCCCCCC)COP(=O)(O)OCCO. The van der Waals surface area contributed by atoms with Gasteiger partial charge in [0.1, 0.15) is 6.61 Å². The van der Waals surface area contributed by atoms with Gasteiger partial charge in [-0.3, -0.25) is 18.6 Å². The molecule has 0 rings (SSSR count). The van der Waals surface area contributed by atoms with Crippen LogP contribution in [0.1, 0.15) is 194 Å². The van der Waals surface area contributed by atoms with Crippen molar-refractivity contribution in [3.05, 3.63) is 12.2 Å². The van der Waals surface area contributed by atoms with E-state index in [9.17, 15) is 19.0 Å². The van der Waals surface area contributed by atoms with Crippen LogP contribution in [-0.4, -0.2) is 54.5 Å². The first-order valence-electron chi connectivity index (χ1n) is 20.1. The molecule has 0 bridgehead atoms. The van der Waals surface area contributed by atoms with Gasteiger partial charge in [0.05, 0.1) is 19.8 Å². The summed E-state index contributed by atoms with van der Waals surface area (Å²) in [7, 11) is -4.45. The van der Waals surface area contributed by atoms with E-state index in [0.717, 1.165) is 44.9 Å².